The molecule has 2 nitrogen and oxygen atoms in total. The molecular formula is C16H14F3N2. The van der Waals surface area contributed by atoms with Gasteiger partial charge in [-0.3, -0.25) is 4.98 Å². The van der Waals surface area contributed by atoms with Crippen LogP contribution in [0.15, 0.2) is 42.6 Å². The molecule has 1 aromatic heterocycles. The number of aromatic nitrogens is 1. The van der Waals surface area contributed by atoms with Crippen LogP contribution in [-0.2, 0) is 6.18 Å². The summed E-state index contributed by atoms with van der Waals surface area (Å²) in [7, 11) is 0. The first-order valence-corrected chi connectivity index (χ1v) is 6.70. The molecule has 109 valence electrons. The van der Waals surface area contributed by atoms with E-state index < -0.39 is 11.7 Å². The molecule has 1 heterocycles. The van der Waals surface area contributed by atoms with Crippen molar-refractivity contribution in [2.45, 2.75) is 24.9 Å². The minimum absolute atomic E-state index is 0.114. The summed E-state index contributed by atoms with van der Waals surface area (Å²) in [6.07, 6.45) is -0.814. The van der Waals surface area contributed by atoms with Crippen LogP contribution in [-0.4, -0.2) is 4.98 Å². The topological polar surface area (TPSA) is 38.9 Å². The van der Waals surface area contributed by atoms with E-state index in [0.717, 1.165) is 42.1 Å². The zero-order valence-electron chi connectivity index (χ0n) is 11.2. The first-order chi connectivity index (χ1) is 9.97. The van der Waals surface area contributed by atoms with E-state index in [4.69, 9.17) is 5.73 Å². The van der Waals surface area contributed by atoms with Crippen molar-refractivity contribution in [3.8, 4) is 0 Å². The monoisotopic (exact) mass is 291 g/mol. The molecular weight excluding hydrogens is 277 g/mol. The van der Waals surface area contributed by atoms with Gasteiger partial charge in [-0.2, -0.15) is 13.2 Å². The Morgan fingerprint density at radius 3 is 2.33 bits per heavy atom. The number of benzene rings is 1. The highest BCUT2D eigenvalue weighted by molar-refractivity contribution is 5.51. The van der Waals surface area contributed by atoms with Gasteiger partial charge in [0, 0.05) is 18.0 Å². The Hall–Kier alpha value is -2.04. The largest absolute Gasteiger partial charge is 0.416 e. The maximum atomic E-state index is 12.6. The Labute approximate surface area is 120 Å². The molecule has 2 N–H and O–H groups in total. The van der Waals surface area contributed by atoms with Crippen molar-refractivity contribution in [2.24, 2.45) is 0 Å². The van der Waals surface area contributed by atoms with Gasteiger partial charge in [0.15, 0.2) is 0 Å². The number of nitrogen functional groups attached to an aromatic ring is 1. The Bertz CT molecular complexity index is 635. The van der Waals surface area contributed by atoms with Crippen LogP contribution in [0.3, 0.4) is 0 Å². The van der Waals surface area contributed by atoms with Crippen molar-refractivity contribution >= 4 is 5.69 Å². The van der Waals surface area contributed by atoms with Gasteiger partial charge in [0.1, 0.15) is 0 Å². The third kappa shape index (κ3) is 2.60. The van der Waals surface area contributed by atoms with Gasteiger partial charge in [0.05, 0.1) is 16.9 Å². The average molecular weight is 291 g/mol. The zero-order valence-corrected chi connectivity index (χ0v) is 11.2. The summed E-state index contributed by atoms with van der Waals surface area (Å²) in [5.74, 6) is 1.22. The molecule has 1 atom stereocenters. The minimum Gasteiger partial charge on any atom is -0.397 e. The Morgan fingerprint density at radius 1 is 1.10 bits per heavy atom. The van der Waals surface area contributed by atoms with E-state index in [9.17, 15) is 13.2 Å². The van der Waals surface area contributed by atoms with Gasteiger partial charge >= 0.3 is 6.18 Å². The van der Waals surface area contributed by atoms with Crippen LogP contribution in [0.2, 0.25) is 0 Å². The molecule has 5 heteroatoms. The predicted octanol–water partition coefficient (Wildman–Crippen LogP) is 4.18. The molecule has 0 amide bonds. The summed E-state index contributed by atoms with van der Waals surface area (Å²) in [6.45, 7) is 0. The van der Waals surface area contributed by atoms with Gasteiger partial charge in [0.25, 0.3) is 0 Å². The molecule has 0 spiro atoms. The van der Waals surface area contributed by atoms with E-state index in [1.807, 2.05) is 0 Å². The summed E-state index contributed by atoms with van der Waals surface area (Å²) in [4.78, 5) is 4.31. The van der Waals surface area contributed by atoms with Crippen LogP contribution in [0.1, 0.15) is 35.6 Å². The molecule has 0 bridgehead atoms. The van der Waals surface area contributed by atoms with E-state index in [1.165, 1.54) is 12.1 Å². The number of anilines is 1. The quantitative estimate of drug-likeness (QED) is 0.901. The van der Waals surface area contributed by atoms with E-state index in [-0.39, 0.29) is 5.92 Å². The third-order valence-corrected chi connectivity index (χ3v) is 3.91. The number of nitrogens with two attached hydrogens (primary N) is 1. The fraction of sp³-hybridized carbons (Fsp3) is 0.250. The zero-order chi connectivity index (χ0) is 15.0. The second-order valence-electron chi connectivity index (χ2n) is 5.17. The number of hydrogen-bond acceptors (Lipinski definition) is 2. The maximum Gasteiger partial charge on any atom is 0.416 e. The molecule has 21 heavy (non-hydrogen) atoms. The van der Waals surface area contributed by atoms with Crippen LogP contribution in [0.25, 0.3) is 0 Å². The van der Waals surface area contributed by atoms with E-state index in [1.54, 1.807) is 18.3 Å². The molecule has 3 rings (SSSR count). The van der Waals surface area contributed by atoms with Crippen molar-refractivity contribution in [3.63, 3.8) is 0 Å². The van der Waals surface area contributed by atoms with Crippen LogP contribution >= 0.6 is 0 Å². The van der Waals surface area contributed by atoms with Gasteiger partial charge in [-0.25, -0.2) is 0 Å². The lowest BCUT2D eigenvalue weighted by molar-refractivity contribution is -0.137. The van der Waals surface area contributed by atoms with Crippen LogP contribution < -0.4 is 5.73 Å². The molecule has 0 saturated heterocycles. The lowest BCUT2D eigenvalue weighted by Crippen LogP contribution is -2.24. The summed E-state index contributed by atoms with van der Waals surface area (Å²) < 4.78 is 37.7. The molecule has 1 aromatic carbocycles. The number of hydrogen-bond donors (Lipinski definition) is 1. The Kier molecular flexibility index (Phi) is 3.35. The summed E-state index contributed by atoms with van der Waals surface area (Å²) in [5.41, 5.74) is 7.59. The van der Waals surface area contributed by atoms with Crippen molar-refractivity contribution in [1.82, 2.24) is 4.98 Å². The summed E-state index contributed by atoms with van der Waals surface area (Å²) >= 11 is 0. The smallest absolute Gasteiger partial charge is 0.397 e. The van der Waals surface area contributed by atoms with Gasteiger partial charge in [-0.15, -0.1) is 0 Å². The molecule has 1 fully saturated rings. The SMILES string of the molecule is Nc1cccnc1C1CC[C]1c1ccc(C(F)(F)F)cc1. The van der Waals surface area contributed by atoms with Gasteiger partial charge in [0.2, 0.25) is 0 Å². The van der Waals surface area contributed by atoms with Gasteiger partial charge < -0.3 is 5.73 Å². The van der Waals surface area contributed by atoms with Gasteiger partial charge in [-0.1, -0.05) is 12.1 Å². The van der Waals surface area contributed by atoms with Crippen molar-refractivity contribution in [3.05, 3.63) is 65.3 Å². The van der Waals surface area contributed by atoms with E-state index in [2.05, 4.69) is 4.98 Å². The molecule has 1 aliphatic rings. The highest BCUT2D eigenvalue weighted by Gasteiger charge is 2.37. The molecule has 1 saturated carbocycles. The van der Waals surface area contributed by atoms with Gasteiger partial charge in [-0.05, 0) is 42.7 Å². The third-order valence-electron chi connectivity index (χ3n) is 3.91. The lowest BCUT2D eigenvalue weighted by atomic mass is 9.68. The van der Waals surface area contributed by atoms with Crippen LogP contribution in [0.5, 0.6) is 0 Å². The standard InChI is InChI=1S/C16H14F3N2/c17-16(18,19)11-5-3-10(4-6-11)12-7-8-13(12)15-14(20)2-1-9-21-15/h1-6,9,13H,7-8,20H2. The number of nitrogens with zero attached hydrogens (tertiary/aromatic N) is 1. The fourth-order valence-corrected chi connectivity index (χ4v) is 2.67. The van der Waals surface area contributed by atoms with Crippen molar-refractivity contribution in [2.75, 3.05) is 5.73 Å². The molecule has 1 radical (unpaired) electrons. The second-order valence-corrected chi connectivity index (χ2v) is 5.17. The van der Waals surface area contributed by atoms with Crippen LogP contribution in [0.4, 0.5) is 18.9 Å². The number of rotatable bonds is 2. The fourth-order valence-electron chi connectivity index (χ4n) is 2.67. The molecule has 1 aliphatic carbocycles. The Balaban J connectivity index is 1.83. The summed E-state index contributed by atoms with van der Waals surface area (Å²) in [5, 5.41) is 0. The highest BCUT2D eigenvalue weighted by atomic mass is 19.4. The number of halogens is 3. The van der Waals surface area contributed by atoms with E-state index >= 15 is 0 Å². The summed E-state index contributed by atoms with van der Waals surface area (Å²) in [6, 6.07) is 8.88. The lowest BCUT2D eigenvalue weighted by Gasteiger charge is -2.36. The normalized spacial score (nSPS) is 19.3. The Morgan fingerprint density at radius 2 is 1.81 bits per heavy atom. The number of pyridine rings is 1. The average Bonchev–Trinajstić information content (AvgIpc) is 2.40. The van der Waals surface area contributed by atoms with E-state index in [0.29, 0.717) is 5.69 Å². The molecule has 0 aliphatic heterocycles. The second kappa shape index (κ2) is 5.06. The predicted molar refractivity (Wildman–Crippen MR) is 74.4 cm³/mol. The highest BCUT2D eigenvalue weighted by Crippen LogP contribution is 2.49. The van der Waals surface area contributed by atoms with Crippen molar-refractivity contribution < 1.29 is 13.2 Å². The first kappa shape index (κ1) is 13.9. The molecule has 1 unspecified atom stereocenters. The number of alkyl halides is 3. The first-order valence-electron chi connectivity index (χ1n) is 6.70. The molecule has 2 aromatic rings. The minimum atomic E-state index is -4.30. The maximum absolute atomic E-state index is 12.6. The van der Waals surface area contributed by atoms with Crippen LogP contribution in [0, 0.1) is 5.92 Å². The van der Waals surface area contributed by atoms with Crippen molar-refractivity contribution in [1.29, 1.82) is 0 Å².